The van der Waals surface area contributed by atoms with Gasteiger partial charge in [0.1, 0.15) is 5.15 Å². The van der Waals surface area contributed by atoms with Crippen molar-refractivity contribution in [1.29, 1.82) is 0 Å². The smallest absolute Gasteiger partial charge is 0.130 e. The monoisotopic (exact) mass is 231 g/mol. The van der Waals surface area contributed by atoms with Crippen LogP contribution in [0.2, 0.25) is 5.15 Å². The van der Waals surface area contributed by atoms with Crippen molar-refractivity contribution in [3.05, 3.63) is 23.0 Å². The lowest BCUT2D eigenvalue weighted by molar-refractivity contribution is 0.196. The maximum atomic E-state index is 9.37. The molecule has 1 aromatic rings. The van der Waals surface area contributed by atoms with Crippen LogP contribution < -0.4 is 0 Å². The number of halogens is 1. The number of aliphatic hydroxyl groups excluding tert-OH is 1. The van der Waals surface area contributed by atoms with Gasteiger partial charge in [0, 0.05) is 16.3 Å². The van der Waals surface area contributed by atoms with Crippen molar-refractivity contribution < 1.29 is 5.11 Å². The SMILES string of the molecule is Cc1cnc(Cl)cc1SC(C)C(C)O. The fourth-order valence-corrected chi connectivity index (χ4v) is 2.15. The standard InChI is InChI=1S/C10H14ClNOS/c1-6-5-12-10(11)4-9(6)14-8(3)7(2)13/h4-5,7-8,13H,1-3H3. The van der Waals surface area contributed by atoms with E-state index in [9.17, 15) is 5.11 Å². The molecule has 1 rings (SSSR count). The van der Waals surface area contributed by atoms with Crippen molar-refractivity contribution >= 4 is 23.4 Å². The molecule has 1 aromatic heterocycles. The van der Waals surface area contributed by atoms with E-state index in [1.54, 1.807) is 24.9 Å². The molecule has 4 heteroatoms. The highest BCUT2D eigenvalue weighted by molar-refractivity contribution is 8.00. The third-order valence-corrected chi connectivity index (χ3v) is 3.68. The molecule has 1 N–H and O–H groups in total. The van der Waals surface area contributed by atoms with Gasteiger partial charge >= 0.3 is 0 Å². The van der Waals surface area contributed by atoms with Gasteiger partial charge in [-0.1, -0.05) is 18.5 Å². The molecule has 0 fully saturated rings. The van der Waals surface area contributed by atoms with Crippen LogP contribution in [-0.4, -0.2) is 21.4 Å². The molecular weight excluding hydrogens is 218 g/mol. The van der Waals surface area contributed by atoms with Crippen molar-refractivity contribution in [3.8, 4) is 0 Å². The topological polar surface area (TPSA) is 33.1 Å². The second-order valence-electron chi connectivity index (χ2n) is 3.34. The Labute approximate surface area is 93.7 Å². The zero-order valence-corrected chi connectivity index (χ0v) is 10.1. The fraction of sp³-hybridized carbons (Fsp3) is 0.500. The lowest BCUT2D eigenvalue weighted by Gasteiger charge is -2.15. The molecule has 78 valence electrons. The molecule has 0 aromatic carbocycles. The predicted octanol–water partition coefficient (Wildman–Crippen LogP) is 2.90. The van der Waals surface area contributed by atoms with E-state index in [0.717, 1.165) is 10.5 Å². The Morgan fingerprint density at radius 1 is 1.50 bits per heavy atom. The lowest BCUT2D eigenvalue weighted by atomic mass is 10.3. The zero-order chi connectivity index (χ0) is 10.7. The van der Waals surface area contributed by atoms with Crippen LogP contribution in [0.15, 0.2) is 17.2 Å². The van der Waals surface area contributed by atoms with Gasteiger partial charge in [-0.2, -0.15) is 0 Å². The largest absolute Gasteiger partial charge is 0.392 e. The van der Waals surface area contributed by atoms with E-state index in [-0.39, 0.29) is 11.4 Å². The minimum absolute atomic E-state index is 0.159. The van der Waals surface area contributed by atoms with Gasteiger partial charge < -0.3 is 5.11 Å². The summed E-state index contributed by atoms with van der Waals surface area (Å²) >= 11 is 7.41. The number of hydrogen-bond donors (Lipinski definition) is 1. The van der Waals surface area contributed by atoms with E-state index in [4.69, 9.17) is 11.6 Å². The molecule has 0 bridgehead atoms. The third-order valence-electron chi connectivity index (χ3n) is 2.01. The Bertz CT molecular complexity index is 317. The molecular formula is C10H14ClNOS. The molecule has 2 atom stereocenters. The molecule has 0 aliphatic carbocycles. The normalized spacial score (nSPS) is 15.2. The first-order chi connectivity index (χ1) is 6.50. The summed E-state index contributed by atoms with van der Waals surface area (Å²) in [5, 5.41) is 10.0. The van der Waals surface area contributed by atoms with Crippen LogP contribution in [0.4, 0.5) is 0 Å². The Morgan fingerprint density at radius 2 is 2.14 bits per heavy atom. The summed E-state index contributed by atoms with van der Waals surface area (Å²) in [5.41, 5.74) is 1.09. The molecule has 0 saturated carbocycles. The van der Waals surface area contributed by atoms with E-state index < -0.39 is 0 Å². The summed E-state index contributed by atoms with van der Waals surface area (Å²) in [7, 11) is 0. The van der Waals surface area contributed by atoms with Crippen molar-refractivity contribution in [1.82, 2.24) is 4.98 Å². The summed E-state index contributed by atoms with van der Waals surface area (Å²) in [5.74, 6) is 0. The maximum absolute atomic E-state index is 9.37. The number of rotatable bonds is 3. The van der Waals surface area contributed by atoms with Gasteiger partial charge in [-0.15, -0.1) is 11.8 Å². The average Bonchev–Trinajstić information content (AvgIpc) is 2.11. The van der Waals surface area contributed by atoms with Gasteiger partial charge in [-0.05, 0) is 25.5 Å². The molecule has 1 heterocycles. The van der Waals surface area contributed by atoms with Gasteiger partial charge in [0.15, 0.2) is 0 Å². The number of aromatic nitrogens is 1. The number of thioether (sulfide) groups is 1. The first-order valence-electron chi connectivity index (χ1n) is 4.47. The molecule has 0 amide bonds. The van der Waals surface area contributed by atoms with Crippen LogP contribution in [0.1, 0.15) is 19.4 Å². The van der Waals surface area contributed by atoms with E-state index in [0.29, 0.717) is 5.15 Å². The maximum Gasteiger partial charge on any atom is 0.130 e. The Kier molecular flexibility index (Phi) is 4.23. The predicted molar refractivity (Wildman–Crippen MR) is 61.0 cm³/mol. The number of aryl methyl sites for hydroxylation is 1. The minimum Gasteiger partial charge on any atom is -0.392 e. The highest BCUT2D eigenvalue weighted by atomic mass is 35.5. The minimum atomic E-state index is -0.327. The first kappa shape index (κ1) is 11.8. The van der Waals surface area contributed by atoms with E-state index in [2.05, 4.69) is 4.98 Å². The molecule has 0 saturated heterocycles. The van der Waals surface area contributed by atoms with Crippen molar-refractivity contribution in [2.75, 3.05) is 0 Å². The number of nitrogens with zero attached hydrogens (tertiary/aromatic N) is 1. The molecule has 0 aliphatic rings. The second kappa shape index (κ2) is 5.01. The van der Waals surface area contributed by atoms with Gasteiger partial charge in [0.2, 0.25) is 0 Å². The van der Waals surface area contributed by atoms with Crippen LogP contribution in [0.25, 0.3) is 0 Å². The van der Waals surface area contributed by atoms with Gasteiger partial charge in [0.05, 0.1) is 6.10 Å². The van der Waals surface area contributed by atoms with E-state index in [1.165, 1.54) is 0 Å². The third kappa shape index (κ3) is 3.15. The summed E-state index contributed by atoms with van der Waals surface area (Å²) in [4.78, 5) is 5.06. The fourth-order valence-electron chi connectivity index (χ4n) is 0.907. The van der Waals surface area contributed by atoms with Crippen LogP contribution in [0, 0.1) is 6.92 Å². The molecule has 14 heavy (non-hydrogen) atoms. The van der Waals surface area contributed by atoms with Crippen molar-refractivity contribution in [2.45, 2.75) is 37.0 Å². The zero-order valence-electron chi connectivity index (χ0n) is 8.49. The number of pyridine rings is 1. The molecule has 2 unspecified atom stereocenters. The molecule has 2 nitrogen and oxygen atoms in total. The number of aliphatic hydroxyl groups is 1. The molecule has 0 radical (unpaired) electrons. The Balaban J connectivity index is 2.80. The van der Waals surface area contributed by atoms with Gasteiger partial charge in [-0.25, -0.2) is 4.98 Å². The summed E-state index contributed by atoms with van der Waals surface area (Å²) < 4.78 is 0. The van der Waals surface area contributed by atoms with E-state index >= 15 is 0 Å². The van der Waals surface area contributed by atoms with Crippen LogP contribution in [0.3, 0.4) is 0 Å². The van der Waals surface area contributed by atoms with Crippen LogP contribution >= 0.6 is 23.4 Å². The molecule has 0 aliphatic heterocycles. The molecule has 0 spiro atoms. The Hall–Kier alpha value is -0.250. The van der Waals surface area contributed by atoms with E-state index in [1.807, 2.05) is 19.9 Å². The van der Waals surface area contributed by atoms with Crippen molar-refractivity contribution in [2.24, 2.45) is 0 Å². The quantitative estimate of drug-likeness (QED) is 0.642. The van der Waals surface area contributed by atoms with Gasteiger partial charge in [-0.3, -0.25) is 0 Å². The lowest BCUT2D eigenvalue weighted by Crippen LogP contribution is -2.15. The first-order valence-corrected chi connectivity index (χ1v) is 5.73. The second-order valence-corrected chi connectivity index (χ2v) is 5.14. The van der Waals surface area contributed by atoms with Crippen LogP contribution in [0.5, 0.6) is 0 Å². The Morgan fingerprint density at radius 3 is 2.71 bits per heavy atom. The van der Waals surface area contributed by atoms with Crippen LogP contribution in [-0.2, 0) is 0 Å². The highest BCUT2D eigenvalue weighted by Crippen LogP contribution is 2.29. The van der Waals surface area contributed by atoms with Gasteiger partial charge in [0.25, 0.3) is 0 Å². The average molecular weight is 232 g/mol. The number of hydrogen-bond acceptors (Lipinski definition) is 3. The summed E-state index contributed by atoms with van der Waals surface area (Å²) in [6, 6.07) is 1.83. The highest BCUT2D eigenvalue weighted by Gasteiger charge is 2.12. The van der Waals surface area contributed by atoms with Crippen molar-refractivity contribution in [3.63, 3.8) is 0 Å². The summed E-state index contributed by atoms with van der Waals surface area (Å²) in [6.07, 6.45) is 1.42. The summed E-state index contributed by atoms with van der Waals surface area (Å²) in [6.45, 7) is 5.76.